The highest BCUT2D eigenvalue weighted by atomic mass is 19.1. The zero-order chi connectivity index (χ0) is 28.9. The fourth-order valence-corrected chi connectivity index (χ4v) is 6.19. The van der Waals surface area contributed by atoms with E-state index in [9.17, 15) is 19.6 Å². The SMILES string of the molecule is CCC(F)(CC)CN1CCC(COC2=C(C#N)CC(C)(c3ccc(C(=O)N4CCC[C@@H]4CO)c(F)c3)C=C2)CC1. The van der Waals surface area contributed by atoms with Crippen LogP contribution >= 0.6 is 0 Å². The Morgan fingerprint density at radius 3 is 2.58 bits per heavy atom. The molecule has 4 rings (SSSR count). The van der Waals surface area contributed by atoms with Gasteiger partial charge in [-0.3, -0.25) is 4.79 Å². The predicted molar refractivity (Wildman–Crippen MR) is 151 cm³/mol. The Bertz CT molecular complexity index is 1160. The van der Waals surface area contributed by atoms with Crippen molar-refractivity contribution in [2.75, 3.05) is 39.4 Å². The molecule has 0 aromatic heterocycles. The Kier molecular flexibility index (Phi) is 9.68. The molecule has 2 saturated heterocycles. The lowest BCUT2D eigenvalue weighted by atomic mass is 9.74. The zero-order valence-corrected chi connectivity index (χ0v) is 24.1. The molecule has 218 valence electrons. The molecular weight excluding hydrogens is 512 g/mol. The molecule has 6 nitrogen and oxygen atoms in total. The average molecular weight is 556 g/mol. The number of aliphatic hydroxyl groups is 1. The molecule has 2 fully saturated rings. The second-order valence-electron chi connectivity index (χ2n) is 11.9. The maximum absolute atomic E-state index is 15.2. The summed E-state index contributed by atoms with van der Waals surface area (Å²) in [6, 6.07) is 6.67. The van der Waals surface area contributed by atoms with Gasteiger partial charge in [0.05, 0.1) is 36.5 Å². The number of benzene rings is 1. The zero-order valence-electron chi connectivity index (χ0n) is 24.1. The third-order valence-corrected chi connectivity index (χ3v) is 9.24. The van der Waals surface area contributed by atoms with Crippen LogP contribution in [0.1, 0.15) is 81.6 Å². The first-order valence-electron chi connectivity index (χ1n) is 14.7. The van der Waals surface area contributed by atoms with Crippen molar-refractivity contribution in [3.63, 3.8) is 0 Å². The van der Waals surface area contributed by atoms with Crippen LogP contribution in [-0.4, -0.2) is 71.9 Å². The number of hydrogen-bond donors (Lipinski definition) is 1. The first-order chi connectivity index (χ1) is 19.1. The second kappa shape index (κ2) is 12.8. The standard InChI is InChI=1S/C32H43F2N3O3/c1-4-32(34,5-2)22-36-15-11-23(12-16-36)21-40-29-10-13-31(3,18-24(29)19-35)25-8-9-27(28(33)17-25)30(39)37-14-6-7-26(37)20-38/h8-10,13,17,23,26,38H,4-7,11-12,14-16,18,20-22H2,1-3H3/t26-,31?/m1/s1. The molecule has 1 aromatic carbocycles. The normalized spacial score (nSPS) is 24.4. The number of carbonyl (C=O) groups excluding carboxylic acids is 1. The van der Waals surface area contributed by atoms with Gasteiger partial charge in [0, 0.05) is 18.5 Å². The highest BCUT2D eigenvalue weighted by molar-refractivity contribution is 5.95. The van der Waals surface area contributed by atoms with Crippen LogP contribution in [0.4, 0.5) is 8.78 Å². The van der Waals surface area contributed by atoms with Crippen LogP contribution in [-0.2, 0) is 10.2 Å². The van der Waals surface area contributed by atoms with Gasteiger partial charge in [0.25, 0.3) is 5.91 Å². The highest BCUT2D eigenvalue weighted by Crippen LogP contribution is 2.38. The maximum Gasteiger partial charge on any atom is 0.257 e. The summed E-state index contributed by atoms with van der Waals surface area (Å²) in [5, 5.41) is 19.4. The molecule has 0 bridgehead atoms. The minimum Gasteiger partial charge on any atom is -0.492 e. The number of likely N-dealkylation sites (tertiary alicyclic amines) is 2. The number of halogens is 2. The number of carbonyl (C=O) groups is 1. The molecule has 2 atom stereocenters. The summed E-state index contributed by atoms with van der Waals surface area (Å²) in [5.41, 5.74) is -0.547. The first kappa shape index (κ1) is 30.2. The van der Waals surface area contributed by atoms with Crippen LogP contribution in [0.2, 0.25) is 0 Å². The topological polar surface area (TPSA) is 76.8 Å². The molecule has 1 unspecified atom stereocenters. The maximum atomic E-state index is 15.2. The number of nitrogens with zero attached hydrogens (tertiary/aromatic N) is 3. The van der Waals surface area contributed by atoms with Gasteiger partial charge in [0.15, 0.2) is 0 Å². The van der Waals surface area contributed by atoms with Crippen molar-refractivity contribution in [2.24, 2.45) is 5.92 Å². The van der Waals surface area contributed by atoms with E-state index in [2.05, 4.69) is 11.0 Å². The van der Waals surface area contributed by atoms with Crippen molar-refractivity contribution in [1.82, 2.24) is 9.80 Å². The van der Waals surface area contributed by atoms with E-state index >= 15 is 4.39 Å². The van der Waals surface area contributed by atoms with Gasteiger partial charge in [-0.1, -0.05) is 32.9 Å². The number of aliphatic hydroxyl groups excluding tert-OH is 1. The third kappa shape index (κ3) is 6.58. The molecule has 0 spiro atoms. The molecular formula is C32H43F2N3O3. The first-order valence-corrected chi connectivity index (χ1v) is 14.7. The Morgan fingerprint density at radius 2 is 1.95 bits per heavy atom. The monoisotopic (exact) mass is 555 g/mol. The van der Waals surface area contributed by atoms with Gasteiger partial charge < -0.3 is 19.6 Å². The van der Waals surface area contributed by atoms with Crippen LogP contribution < -0.4 is 0 Å². The van der Waals surface area contributed by atoms with Gasteiger partial charge in [-0.05, 0) is 87.7 Å². The summed E-state index contributed by atoms with van der Waals surface area (Å²) < 4.78 is 36.1. The number of amides is 1. The van der Waals surface area contributed by atoms with E-state index in [0.29, 0.717) is 61.8 Å². The Hall–Kier alpha value is -2.76. The summed E-state index contributed by atoms with van der Waals surface area (Å²) in [4.78, 5) is 16.7. The number of nitriles is 1. The Labute approximate surface area is 237 Å². The van der Waals surface area contributed by atoms with Gasteiger partial charge in [-0.25, -0.2) is 8.78 Å². The molecule has 0 radical (unpaired) electrons. The van der Waals surface area contributed by atoms with Gasteiger partial charge in [0.1, 0.15) is 17.2 Å². The van der Waals surface area contributed by atoms with E-state index < -0.39 is 22.8 Å². The van der Waals surface area contributed by atoms with E-state index in [-0.39, 0.29) is 18.2 Å². The van der Waals surface area contributed by atoms with E-state index in [4.69, 9.17) is 4.74 Å². The molecule has 2 aliphatic heterocycles. The number of rotatable bonds is 10. The lowest BCUT2D eigenvalue weighted by Gasteiger charge is -2.36. The molecule has 1 N–H and O–H groups in total. The van der Waals surface area contributed by atoms with E-state index in [1.165, 1.54) is 12.1 Å². The minimum absolute atomic E-state index is 0.000186. The van der Waals surface area contributed by atoms with Crippen molar-refractivity contribution in [2.45, 2.75) is 82.8 Å². The fourth-order valence-electron chi connectivity index (χ4n) is 6.19. The van der Waals surface area contributed by atoms with Crippen molar-refractivity contribution in [1.29, 1.82) is 5.26 Å². The Balaban J connectivity index is 1.36. The van der Waals surface area contributed by atoms with Gasteiger partial charge in [-0.15, -0.1) is 0 Å². The van der Waals surface area contributed by atoms with Crippen molar-refractivity contribution >= 4 is 5.91 Å². The molecule has 0 saturated carbocycles. The number of hydrogen-bond acceptors (Lipinski definition) is 5. The molecule has 3 aliphatic rings. The lowest BCUT2D eigenvalue weighted by molar-refractivity contribution is 0.0506. The number of ether oxygens (including phenoxy) is 1. The third-order valence-electron chi connectivity index (χ3n) is 9.24. The van der Waals surface area contributed by atoms with Crippen LogP contribution in [0.15, 0.2) is 41.7 Å². The molecule has 1 aromatic rings. The molecule has 2 heterocycles. The van der Waals surface area contributed by atoms with Crippen LogP contribution in [0, 0.1) is 23.1 Å². The molecule has 40 heavy (non-hydrogen) atoms. The molecule has 1 amide bonds. The van der Waals surface area contributed by atoms with Crippen LogP contribution in [0.3, 0.4) is 0 Å². The van der Waals surface area contributed by atoms with Crippen LogP contribution in [0.5, 0.6) is 0 Å². The number of alkyl halides is 1. The van der Waals surface area contributed by atoms with Crippen LogP contribution in [0.25, 0.3) is 0 Å². The van der Waals surface area contributed by atoms with Crippen molar-refractivity contribution < 1.29 is 23.4 Å². The minimum atomic E-state index is -1.12. The van der Waals surface area contributed by atoms with E-state index in [0.717, 1.165) is 38.8 Å². The quantitative estimate of drug-likeness (QED) is 0.402. The summed E-state index contributed by atoms with van der Waals surface area (Å²) in [6.45, 7) is 8.83. The second-order valence-corrected chi connectivity index (χ2v) is 11.9. The van der Waals surface area contributed by atoms with Gasteiger partial charge in [-0.2, -0.15) is 5.26 Å². The number of allylic oxidation sites excluding steroid dienone is 3. The van der Waals surface area contributed by atoms with E-state index in [1.807, 2.05) is 32.9 Å². The fraction of sp³-hybridized carbons (Fsp3) is 0.625. The molecule has 1 aliphatic carbocycles. The van der Waals surface area contributed by atoms with Crippen molar-refractivity contribution in [3.05, 3.63) is 58.6 Å². The molecule has 8 heteroatoms. The summed E-state index contributed by atoms with van der Waals surface area (Å²) in [5.74, 6) is -0.0929. The smallest absolute Gasteiger partial charge is 0.257 e. The Morgan fingerprint density at radius 1 is 1.23 bits per heavy atom. The predicted octanol–water partition coefficient (Wildman–Crippen LogP) is 5.67. The average Bonchev–Trinajstić information content (AvgIpc) is 3.46. The van der Waals surface area contributed by atoms with Gasteiger partial charge in [0.2, 0.25) is 0 Å². The van der Waals surface area contributed by atoms with Gasteiger partial charge >= 0.3 is 0 Å². The largest absolute Gasteiger partial charge is 0.492 e. The van der Waals surface area contributed by atoms with Crippen molar-refractivity contribution in [3.8, 4) is 6.07 Å². The summed E-state index contributed by atoms with van der Waals surface area (Å²) >= 11 is 0. The summed E-state index contributed by atoms with van der Waals surface area (Å²) in [6.07, 6.45) is 8.56. The highest BCUT2D eigenvalue weighted by Gasteiger charge is 2.34. The summed E-state index contributed by atoms with van der Waals surface area (Å²) in [7, 11) is 0. The number of piperidine rings is 1. The lowest BCUT2D eigenvalue weighted by Crippen LogP contribution is -2.43. The van der Waals surface area contributed by atoms with E-state index in [1.54, 1.807) is 11.0 Å².